The molecule has 0 spiro atoms. The Balaban J connectivity index is 3.17. The van der Waals surface area contributed by atoms with Gasteiger partial charge in [0.2, 0.25) is 0 Å². The van der Waals surface area contributed by atoms with Gasteiger partial charge >= 0.3 is 0 Å². The van der Waals surface area contributed by atoms with Crippen molar-refractivity contribution in [1.82, 2.24) is 0 Å². The van der Waals surface area contributed by atoms with Gasteiger partial charge in [-0.15, -0.1) is 0 Å². The molecule has 0 saturated carbocycles. The molecular weight excluding hydrogens is 183 g/mol. The van der Waals surface area contributed by atoms with Crippen LogP contribution in [0.4, 0.5) is 0 Å². The Hall–Kier alpha value is -0.765. The standard InChI is InChI=1S/C9H13BO2S/c1-3-13(11,12)9-6-4-5-8(7-9)10-2/h4-7,10H,3H2,1-2H3. The van der Waals surface area contributed by atoms with E-state index >= 15 is 0 Å². The minimum Gasteiger partial charge on any atom is -0.224 e. The minimum absolute atomic E-state index is 0.167. The predicted molar refractivity (Wildman–Crippen MR) is 56.8 cm³/mol. The zero-order valence-electron chi connectivity index (χ0n) is 7.95. The SMILES string of the molecule is CBc1cccc(S(=O)(=O)CC)c1. The summed E-state index contributed by atoms with van der Waals surface area (Å²) in [5.74, 6) is 0.167. The highest BCUT2D eigenvalue weighted by molar-refractivity contribution is 7.91. The fourth-order valence-corrected chi connectivity index (χ4v) is 2.08. The van der Waals surface area contributed by atoms with E-state index in [2.05, 4.69) is 0 Å². The van der Waals surface area contributed by atoms with Crippen LogP contribution >= 0.6 is 0 Å². The lowest BCUT2D eigenvalue weighted by molar-refractivity contribution is 0.597. The minimum atomic E-state index is -3.03. The maximum Gasteiger partial charge on any atom is 0.178 e. The predicted octanol–water partition coefficient (Wildman–Crippen LogP) is 0.590. The first-order chi connectivity index (χ1) is 6.10. The molecule has 1 rings (SSSR count). The Morgan fingerprint density at radius 1 is 1.38 bits per heavy atom. The fraction of sp³-hybridized carbons (Fsp3) is 0.333. The topological polar surface area (TPSA) is 34.1 Å². The molecule has 0 fully saturated rings. The van der Waals surface area contributed by atoms with Gasteiger partial charge in [-0.3, -0.25) is 0 Å². The second-order valence-corrected chi connectivity index (χ2v) is 5.18. The second-order valence-electron chi connectivity index (χ2n) is 2.90. The van der Waals surface area contributed by atoms with Crippen molar-refractivity contribution in [1.29, 1.82) is 0 Å². The highest BCUT2D eigenvalue weighted by Gasteiger charge is 2.10. The van der Waals surface area contributed by atoms with E-state index in [-0.39, 0.29) is 5.75 Å². The summed E-state index contributed by atoms with van der Waals surface area (Å²) in [7, 11) is -2.16. The van der Waals surface area contributed by atoms with Crippen molar-refractivity contribution in [3.8, 4) is 0 Å². The molecule has 0 unspecified atom stereocenters. The van der Waals surface area contributed by atoms with Crippen LogP contribution in [0, 0.1) is 0 Å². The van der Waals surface area contributed by atoms with E-state index in [1.807, 2.05) is 12.9 Å². The quantitative estimate of drug-likeness (QED) is 0.663. The highest BCUT2D eigenvalue weighted by atomic mass is 32.2. The monoisotopic (exact) mass is 196 g/mol. The Labute approximate surface area is 80.1 Å². The third kappa shape index (κ3) is 2.34. The summed E-state index contributed by atoms with van der Waals surface area (Å²) in [4.78, 5) is 0.439. The molecule has 0 N–H and O–H groups in total. The van der Waals surface area contributed by atoms with Crippen molar-refractivity contribution < 1.29 is 8.42 Å². The summed E-state index contributed by atoms with van der Waals surface area (Å²) in [5.41, 5.74) is 1.06. The zero-order chi connectivity index (χ0) is 9.90. The first-order valence-electron chi connectivity index (χ1n) is 4.42. The molecule has 2 nitrogen and oxygen atoms in total. The van der Waals surface area contributed by atoms with Gasteiger partial charge < -0.3 is 0 Å². The van der Waals surface area contributed by atoms with Crippen molar-refractivity contribution in [3.63, 3.8) is 0 Å². The molecule has 0 amide bonds. The molecule has 1 aromatic rings. The van der Waals surface area contributed by atoms with Crippen LogP contribution in [0.3, 0.4) is 0 Å². The third-order valence-electron chi connectivity index (χ3n) is 2.05. The lowest BCUT2D eigenvalue weighted by Gasteiger charge is -2.02. The summed E-state index contributed by atoms with van der Waals surface area (Å²) in [6, 6.07) is 7.13. The fourth-order valence-electron chi connectivity index (χ4n) is 1.13. The summed E-state index contributed by atoms with van der Waals surface area (Å²) < 4.78 is 22.9. The molecule has 4 heteroatoms. The number of benzene rings is 1. The Kier molecular flexibility index (Phi) is 3.14. The van der Waals surface area contributed by atoms with Crippen molar-refractivity contribution in [2.45, 2.75) is 18.6 Å². The molecule has 0 aliphatic heterocycles. The third-order valence-corrected chi connectivity index (χ3v) is 3.78. The molecule has 13 heavy (non-hydrogen) atoms. The summed E-state index contributed by atoms with van der Waals surface area (Å²) in [6.07, 6.45) is 0. The van der Waals surface area contributed by atoms with E-state index in [0.717, 1.165) is 12.7 Å². The van der Waals surface area contributed by atoms with E-state index in [0.29, 0.717) is 4.90 Å². The van der Waals surface area contributed by atoms with Crippen molar-refractivity contribution >= 4 is 22.6 Å². The maximum atomic E-state index is 11.5. The first-order valence-corrected chi connectivity index (χ1v) is 6.07. The van der Waals surface area contributed by atoms with E-state index in [9.17, 15) is 8.42 Å². The van der Waals surface area contributed by atoms with Crippen molar-refractivity contribution in [2.24, 2.45) is 0 Å². The Bertz CT molecular complexity index is 384. The maximum absolute atomic E-state index is 11.5. The molecule has 0 radical (unpaired) electrons. The van der Waals surface area contributed by atoms with E-state index in [1.165, 1.54) is 0 Å². The van der Waals surface area contributed by atoms with Gasteiger partial charge in [0.15, 0.2) is 17.1 Å². The smallest absolute Gasteiger partial charge is 0.178 e. The van der Waals surface area contributed by atoms with Gasteiger partial charge in [0.25, 0.3) is 0 Å². The number of rotatable bonds is 3. The van der Waals surface area contributed by atoms with Gasteiger partial charge in [0, 0.05) is 0 Å². The summed E-state index contributed by atoms with van der Waals surface area (Å²) >= 11 is 0. The second kappa shape index (κ2) is 3.96. The number of sulfone groups is 1. The summed E-state index contributed by atoms with van der Waals surface area (Å²) in [5, 5.41) is 0. The van der Waals surface area contributed by atoms with Crippen LogP contribution in [0.25, 0.3) is 0 Å². The van der Waals surface area contributed by atoms with Crippen molar-refractivity contribution in [2.75, 3.05) is 5.75 Å². The average Bonchev–Trinajstić information content (AvgIpc) is 2.18. The normalized spacial score (nSPS) is 11.2. The van der Waals surface area contributed by atoms with Gasteiger partial charge in [0.1, 0.15) is 0 Å². The number of hydrogen-bond acceptors (Lipinski definition) is 2. The van der Waals surface area contributed by atoms with Crippen LogP contribution in [0.15, 0.2) is 29.2 Å². The first kappa shape index (κ1) is 10.3. The molecule has 70 valence electrons. The molecule has 0 aliphatic rings. The van der Waals surface area contributed by atoms with E-state index < -0.39 is 9.84 Å². The van der Waals surface area contributed by atoms with Crippen LogP contribution in [0.5, 0.6) is 0 Å². The Morgan fingerprint density at radius 2 is 2.08 bits per heavy atom. The molecule has 0 aliphatic carbocycles. The molecule has 1 aromatic carbocycles. The molecule has 0 bridgehead atoms. The largest absolute Gasteiger partial charge is 0.224 e. The van der Waals surface area contributed by atoms with Crippen LogP contribution in [-0.2, 0) is 9.84 Å². The lowest BCUT2D eigenvalue weighted by atomic mass is 9.74. The van der Waals surface area contributed by atoms with Gasteiger partial charge in [-0.25, -0.2) is 8.42 Å². The number of hydrogen-bond donors (Lipinski definition) is 0. The van der Waals surface area contributed by atoms with Crippen LogP contribution in [0.1, 0.15) is 6.92 Å². The molecule has 0 atom stereocenters. The lowest BCUT2D eigenvalue weighted by Crippen LogP contribution is -2.13. The zero-order valence-corrected chi connectivity index (χ0v) is 8.76. The van der Waals surface area contributed by atoms with Gasteiger partial charge in [0.05, 0.1) is 10.6 Å². The van der Waals surface area contributed by atoms with Crippen LogP contribution in [0.2, 0.25) is 6.82 Å². The molecular formula is C9H13BO2S. The van der Waals surface area contributed by atoms with Gasteiger partial charge in [-0.2, -0.15) is 0 Å². The molecule has 0 heterocycles. The average molecular weight is 196 g/mol. The van der Waals surface area contributed by atoms with E-state index in [1.54, 1.807) is 25.1 Å². The Morgan fingerprint density at radius 3 is 2.62 bits per heavy atom. The summed E-state index contributed by atoms with van der Waals surface area (Å²) in [6.45, 7) is 3.67. The highest BCUT2D eigenvalue weighted by Crippen LogP contribution is 2.07. The van der Waals surface area contributed by atoms with Crippen molar-refractivity contribution in [3.05, 3.63) is 24.3 Å². The van der Waals surface area contributed by atoms with E-state index in [4.69, 9.17) is 0 Å². The molecule has 0 aromatic heterocycles. The van der Waals surface area contributed by atoms with Gasteiger partial charge in [-0.05, 0) is 12.1 Å². The van der Waals surface area contributed by atoms with Crippen LogP contribution in [-0.4, -0.2) is 21.5 Å². The van der Waals surface area contributed by atoms with Crippen LogP contribution < -0.4 is 5.46 Å². The molecule has 0 saturated heterocycles. The van der Waals surface area contributed by atoms with Gasteiger partial charge in [-0.1, -0.05) is 31.3 Å².